The first kappa shape index (κ1) is 30.8. The standard InChI is InChI=1S/C21H17F6N7O6S2/c1-9(18-32-17(10-2-3-10)33-34(18)15-7-14(16(28)35)29-8-30-15)31-19(36)11-4-12(41(37,38)20(22,23)24)6-13(5-11)42(39,40)21(25,26)27/h4-10H,2-3H2,1H3,(H2,28,35)(H,31,36)/t9-/m0/s1. The first-order chi connectivity index (χ1) is 19.2. The SMILES string of the molecule is C[C@H](NC(=O)c1cc(S(=O)(=O)C(F)(F)F)cc(S(=O)(=O)C(F)(F)F)c1)c1nc(C2CC2)nn1-c1cc(C(N)=O)ncn1. The van der Waals surface area contributed by atoms with Gasteiger partial charge in [-0.2, -0.15) is 31.0 Å². The van der Waals surface area contributed by atoms with Gasteiger partial charge < -0.3 is 11.1 Å². The summed E-state index contributed by atoms with van der Waals surface area (Å²) in [4.78, 5) is 32.8. The molecule has 0 bridgehead atoms. The van der Waals surface area contributed by atoms with Crippen LogP contribution >= 0.6 is 0 Å². The summed E-state index contributed by atoms with van der Waals surface area (Å²) in [5.41, 5.74) is -8.21. The summed E-state index contributed by atoms with van der Waals surface area (Å²) in [7, 11) is -12.8. The van der Waals surface area contributed by atoms with Crippen LogP contribution in [0.25, 0.3) is 5.82 Å². The second kappa shape index (κ2) is 10.3. The Morgan fingerprint density at radius 1 is 0.952 bits per heavy atom. The molecular formula is C21H17F6N7O6S2. The predicted molar refractivity (Wildman–Crippen MR) is 126 cm³/mol. The molecule has 0 spiro atoms. The van der Waals surface area contributed by atoms with Gasteiger partial charge in [0.1, 0.15) is 12.0 Å². The number of nitrogens with one attached hydrogen (secondary N) is 1. The zero-order chi connectivity index (χ0) is 31.4. The number of rotatable bonds is 8. The third-order valence-corrected chi connectivity index (χ3v) is 8.75. The second-order valence-electron chi connectivity index (χ2n) is 8.93. The fourth-order valence-corrected chi connectivity index (χ4v) is 5.26. The van der Waals surface area contributed by atoms with Crippen molar-refractivity contribution in [1.82, 2.24) is 30.0 Å². The number of aromatic nitrogens is 5. The Morgan fingerprint density at radius 2 is 1.50 bits per heavy atom. The quantitative estimate of drug-likeness (QED) is 0.344. The van der Waals surface area contributed by atoms with Gasteiger partial charge in [0.05, 0.1) is 15.8 Å². The fraction of sp³-hybridized carbons (Fsp3) is 0.333. The van der Waals surface area contributed by atoms with Crippen molar-refractivity contribution in [3.8, 4) is 5.82 Å². The van der Waals surface area contributed by atoms with Crippen LogP contribution in [0.5, 0.6) is 0 Å². The van der Waals surface area contributed by atoms with Crippen molar-refractivity contribution in [3.05, 3.63) is 53.5 Å². The molecule has 1 aliphatic carbocycles. The van der Waals surface area contributed by atoms with Crippen LogP contribution in [0.15, 0.2) is 40.4 Å². The Labute approximate surface area is 232 Å². The van der Waals surface area contributed by atoms with Crippen LogP contribution in [0, 0.1) is 0 Å². The zero-order valence-corrected chi connectivity index (χ0v) is 22.4. The molecule has 2 amide bonds. The highest BCUT2D eigenvalue weighted by Crippen LogP contribution is 2.39. The maximum absolute atomic E-state index is 13.2. The minimum Gasteiger partial charge on any atom is -0.364 e. The number of hydrogen-bond donors (Lipinski definition) is 2. The Hall–Kier alpha value is -4.14. The van der Waals surface area contributed by atoms with E-state index < -0.39 is 63.9 Å². The Morgan fingerprint density at radius 3 is 1.98 bits per heavy atom. The van der Waals surface area contributed by atoms with Gasteiger partial charge in [0.15, 0.2) is 17.5 Å². The van der Waals surface area contributed by atoms with Crippen LogP contribution in [0.1, 0.15) is 64.2 Å². The van der Waals surface area contributed by atoms with Crippen LogP contribution < -0.4 is 11.1 Å². The fourth-order valence-electron chi connectivity index (χ4n) is 3.53. The molecule has 21 heteroatoms. The molecule has 1 fully saturated rings. The minimum atomic E-state index is -6.38. The van der Waals surface area contributed by atoms with Crippen LogP contribution in [0.3, 0.4) is 0 Å². The van der Waals surface area contributed by atoms with Gasteiger partial charge in [-0.3, -0.25) is 9.59 Å². The molecule has 2 heterocycles. The average molecular weight is 642 g/mol. The summed E-state index contributed by atoms with van der Waals surface area (Å²) in [6.45, 7) is 1.29. The van der Waals surface area contributed by atoms with E-state index in [1.807, 2.05) is 0 Å². The second-order valence-corrected chi connectivity index (χ2v) is 12.8. The molecule has 13 nitrogen and oxygen atoms in total. The number of carbonyl (C=O) groups excluding carboxylic acids is 2. The van der Waals surface area contributed by atoms with Crippen LogP contribution in [-0.2, 0) is 19.7 Å². The van der Waals surface area contributed by atoms with Gasteiger partial charge in [0.2, 0.25) is 0 Å². The Kier molecular flexibility index (Phi) is 7.55. The zero-order valence-electron chi connectivity index (χ0n) is 20.8. The lowest BCUT2D eigenvalue weighted by atomic mass is 10.2. The molecule has 1 atom stereocenters. The Balaban J connectivity index is 1.78. The molecule has 4 rings (SSSR count). The topological polar surface area (TPSA) is 197 Å². The van der Waals surface area contributed by atoms with E-state index in [2.05, 4.69) is 25.4 Å². The number of benzene rings is 1. The van der Waals surface area contributed by atoms with E-state index in [4.69, 9.17) is 5.73 Å². The number of alkyl halides is 6. The molecule has 1 aromatic carbocycles. The number of sulfone groups is 2. The van der Waals surface area contributed by atoms with Crippen LogP contribution in [0.2, 0.25) is 0 Å². The lowest BCUT2D eigenvalue weighted by molar-refractivity contribution is -0.0438. The normalized spacial score (nSPS) is 15.3. The molecule has 3 aromatic rings. The average Bonchev–Trinajstić information content (AvgIpc) is 3.64. The number of amides is 2. The molecule has 226 valence electrons. The third-order valence-electron chi connectivity index (χ3n) is 5.82. The van der Waals surface area contributed by atoms with Crippen molar-refractivity contribution in [1.29, 1.82) is 0 Å². The van der Waals surface area contributed by atoms with Gasteiger partial charge in [0.25, 0.3) is 31.5 Å². The van der Waals surface area contributed by atoms with Crippen molar-refractivity contribution < 1.29 is 52.8 Å². The van der Waals surface area contributed by atoms with Gasteiger partial charge in [-0.25, -0.2) is 31.8 Å². The number of primary amides is 1. The molecular weight excluding hydrogens is 624 g/mol. The highest BCUT2D eigenvalue weighted by atomic mass is 32.2. The summed E-state index contributed by atoms with van der Waals surface area (Å²) in [5.74, 6) is -2.25. The van der Waals surface area contributed by atoms with Gasteiger partial charge in [-0.15, -0.1) is 5.10 Å². The summed E-state index contributed by atoms with van der Waals surface area (Å²) >= 11 is 0. The summed E-state index contributed by atoms with van der Waals surface area (Å²) in [5, 5.41) is 6.51. The van der Waals surface area contributed by atoms with Crippen molar-refractivity contribution in [2.75, 3.05) is 0 Å². The summed E-state index contributed by atoms with van der Waals surface area (Å²) < 4.78 is 128. The predicted octanol–water partition coefficient (Wildman–Crippen LogP) is 2.11. The summed E-state index contributed by atoms with van der Waals surface area (Å²) in [6, 6.07) is -0.259. The molecule has 0 unspecified atom stereocenters. The number of hydrogen-bond acceptors (Lipinski definition) is 10. The molecule has 3 N–H and O–H groups in total. The third kappa shape index (κ3) is 5.78. The Bertz CT molecular complexity index is 1740. The lowest BCUT2D eigenvalue weighted by Crippen LogP contribution is -2.30. The largest absolute Gasteiger partial charge is 0.501 e. The lowest BCUT2D eigenvalue weighted by Gasteiger charge is -2.16. The molecule has 1 saturated carbocycles. The molecule has 2 aromatic heterocycles. The van der Waals surface area contributed by atoms with Crippen molar-refractivity contribution in [2.45, 2.75) is 52.5 Å². The molecule has 0 saturated heterocycles. The van der Waals surface area contributed by atoms with Crippen LogP contribution in [0.4, 0.5) is 26.3 Å². The van der Waals surface area contributed by atoms with E-state index in [1.54, 1.807) is 0 Å². The minimum absolute atomic E-state index is 0.0360. The molecule has 0 radical (unpaired) electrons. The van der Waals surface area contributed by atoms with Crippen molar-refractivity contribution >= 4 is 31.5 Å². The van der Waals surface area contributed by atoms with Gasteiger partial charge in [-0.05, 0) is 38.0 Å². The first-order valence-electron chi connectivity index (χ1n) is 11.4. The number of carbonyl (C=O) groups is 2. The molecule has 1 aliphatic rings. The summed E-state index contributed by atoms with van der Waals surface area (Å²) in [6.07, 6.45) is 2.42. The number of nitrogens with two attached hydrogens (primary N) is 1. The smallest absolute Gasteiger partial charge is 0.364 e. The van der Waals surface area contributed by atoms with Crippen molar-refractivity contribution in [3.63, 3.8) is 0 Å². The van der Waals surface area contributed by atoms with Crippen LogP contribution in [-0.4, -0.2) is 64.4 Å². The van der Waals surface area contributed by atoms with E-state index in [0.717, 1.165) is 29.9 Å². The highest BCUT2D eigenvalue weighted by Gasteiger charge is 2.50. The highest BCUT2D eigenvalue weighted by molar-refractivity contribution is 7.93. The molecule has 42 heavy (non-hydrogen) atoms. The van der Waals surface area contributed by atoms with Gasteiger partial charge >= 0.3 is 11.0 Å². The monoisotopic (exact) mass is 641 g/mol. The maximum atomic E-state index is 13.2. The van der Waals surface area contributed by atoms with E-state index in [1.165, 1.54) is 6.92 Å². The van der Waals surface area contributed by atoms with Gasteiger partial charge in [-0.1, -0.05) is 0 Å². The van der Waals surface area contributed by atoms with E-state index in [9.17, 15) is 52.8 Å². The number of halogens is 6. The number of nitrogens with zero attached hydrogens (tertiary/aromatic N) is 5. The van der Waals surface area contributed by atoms with E-state index in [-0.39, 0.29) is 41.5 Å². The molecule has 0 aliphatic heterocycles. The van der Waals surface area contributed by atoms with Crippen molar-refractivity contribution in [2.24, 2.45) is 5.73 Å². The first-order valence-corrected chi connectivity index (χ1v) is 14.4. The van der Waals surface area contributed by atoms with E-state index >= 15 is 0 Å². The van der Waals surface area contributed by atoms with Gasteiger partial charge in [0, 0.05) is 17.5 Å². The van der Waals surface area contributed by atoms with E-state index in [0.29, 0.717) is 5.82 Å². The maximum Gasteiger partial charge on any atom is 0.501 e.